The van der Waals surface area contributed by atoms with Crippen molar-refractivity contribution in [2.24, 2.45) is 17.4 Å². The molecule has 14 heavy (non-hydrogen) atoms. The second-order valence-corrected chi connectivity index (χ2v) is 3.76. The molecule has 0 saturated heterocycles. The third-order valence-corrected chi connectivity index (χ3v) is 2.66. The molecule has 5 nitrogen and oxygen atoms in total. The fraction of sp³-hybridized carbons (Fsp3) is 0.889. The smallest absolute Gasteiger partial charge is 0.245 e. The summed E-state index contributed by atoms with van der Waals surface area (Å²) in [6, 6.07) is 0.271. The van der Waals surface area contributed by atoms with Crippen LogP contribution in [0, 0.1) is 5.92 Å². The summed E-state index contributed by atoms with van der Waals surface area (Å²) in [6.07, 6.45) is 4.61. The van der Waals surface area contributed by atoms with Crippen LogP contribution in [0.15, 0.2) is 0 Å². The quantitative estimate of drug-likeness (QED) is 0.523. The summed E-state index contributed by atoms with van der Waals surface area (Å²) >= 11 is 0. The Morgan fingerprint density at radius 1 is 1.43 bits per heavy atom. The van der Waals surface area contributed by atoms with Crippen molar-refractivity contribution in [1.82, 2.24) is 5.48 Å². The van der Waals surface area contributed by atoms with Crippen molar-refractivity contribution in [2.75, 3.05) is 13.2 Å². The van der Waals surface area contributed by atoms with E-state index < -0.39 is 5.91 Å². The standard InChI is InChI=1S/C9H19N3O2/c10-5-7-3-1-2-4-8(7)12-14-6-9(11)13/h7-8,12H,1-6,10H2,(H2,11,13). The van der Waals surface area contributed by atoms with Crippen molar-refractivity contribution >= 4 is 5.91 Å². The molecular weight excluding hydrogens is 182 g/mol. The number of primary amides is 1. The molecule has 0 aromatic heterocycles. The highest BCUT2D eigenvalue weighted by atomic mass is 16.6. The molecule has 1 amide bonds. The maximum atomic E-state index is 10.4. The Hall–Kier alpha value is -0.650. The van der Waals surface area contributed by atoms with Gasteiger partial charge in [-0.25, -0.2) is 0 Å². The lowest BCUT2D eigenvalue weighted by atomic mass is 9.85. The van der Waals surface area contributed by atoms with Crippen molar-refractivity contribution in [2.45, 2.75) is 31.7 Å². The molecule has 5 N–H and O–H groups in total. The molecular formula is C9H19N3O2. The van der Waals surface area contributed by atoms with E-state index in [1.54, 1.807) is 0 Å². The molecule has 0 heterocycles. The fourth-order valence-corrected chi connectivity index (χ4v) is 1.86. The minimum Gasteiger partial charge on any atom is -0.368 e. The zero-order chi connectivity index (χ0) is 10.4. The van der Waals surface area contributed by atoms with Crippen LogP contribution < -0.4 is 16.9 Å². The summed E-state index contributed by atoms with van der Waals surface area (Å²) < 4.78 is 0. The van der Waals surface area contributed by atoms with Crippen molar-refractivity contribution in [3.05, 3.63) is 0 Å². The highest BCUT2D eigenvalue weighted by Gasteiger charge is 2.23. The molecule has 1 aliphatic carbocycles. The summed E-state index contributed by atoms with van der Waals surface area (Å²) in [5, 5.41) is 0. The molecule has 2 unspecified atom stereocenters. The minimum atomic E-state index is -0.461. The molecule has 1 rings (SSSR count). The largest absolute Gasteiger partial charge is 0.368 e. The molecule has 5 heteroatoms. The minimum absolute atomic E-state index is 0.0756. The van der Waals surface area contributed by atoms with Crippen molar-refractivity contribution < 1.29 is 9.63 Å². The van der Waals surface area contributed by atoms with Gasteiger partial charge in [-0.15, -0.1) is 0 Å². The van der Waals surface area contributed by atoms with Gasteiger partial charge in [0.15, 0.2) is 0 Å². The average Bonchev–Trinajstić information content (AvgIpc) is 2.18. The van der Waals surface area contributed by atoms with Crippen LogP contribution in [0.2, 0.25) is 0 Å². The van der Waals surface area contributed by atoms with Gasteiger partial charge in [0.1, 0.15) is 6.61 Å². The van der Waals surface area contributed by atoms with Gasteiger partial charge in [0.05, 0.1) is 0 Å². The number of hydroxylamine groups is 1. The van der Waals surface area contributed by atoms with Crippen LogP contribution in [-0.4, -0.2) is 25.1 Å². The molecule has 0 bridgehead atoms. The predicted molar refractivity (Wildman–Crippen MR) is 53.1 cm³/mol. The highest BCUT2D eigenvalue weighted by Crippen LogP contribution is 2.23. The number of hydrogen-bond acceptors (Lipinski definition) is 4. The number of amides is 1. The molecule has 0 radical (unpaired) electrons. The maximum absolute atomic E-state index is 10.4. The number of carbonyl (C=O) groups is 1. The molecule has 0 aliphatic heterocycles. The number of hydrogen-bond donors (Lipinski definition) is 3. The van der Waals surface area contributed by atoms with Crippen LogP contribution in [-0.2, 0) is 9.63 Å². The highest BCUT2D eigenvalue weighted by molar-refractivity contribution is 5.74. The van der Waals surface area contributed by atoms with Gasteiger partial charge in [-0.1, -0.05) is 12.8 Å². The summed E-state index contributed by atoms with van der Waals surface area (Å²) in [5.41, 5.74) is 13.5. The Bertz CT molecular complexity index is 187. The number of nitrogens with two attached hydrogens (primary N) is 2. The van der Waals surface area contributed by atoms with E-state index in [9.17, 15) is 4.79 Å². The van der Waals surface area contributed by atoms with Crippen LogP contribution in [0.5, 0.6) is 0 Å². The second-order valence-electron chi connectivity index (χ2n) is 3.76. The third kappa shape index (κ3) is 3.61. The predicted octanol–water partition coefficient (Wildman–Crippen LogP) is -0.490. The van der Waals surface area contributed by atoms with E-state index in [-0.39, 0.29) is 12.6 Å². The molecule has 1 saturated carbocycles. The fourth-order valence-electron chi connectivity index (χ4n) is 1.86. The first-order chi connectivity index (χ1) is 6.74. The Balaban J connectivity index is 2.22. The van der Waals surface area contributed by atoms with Gasteiger partial charge in [0, 0.05) is 6.04 Å². The number of nitrogens with one attached hydrogen (secondary N) is 1. The zero-order valence-corrected chi connectivity index (χ0v) is 8.37. The number of carbonyl (C=O) groups excluding carboxylic acids is 1. The molecule has 2 atom stereocenters. The third-order valence-electron chi connectivity index (χ3n) is 2.66. The molecule has 0 aromatic carbocycles. The van der Waals surface area contributed by atoms with E-state index in [2.05, 4.69) is 5.48 Å². The van der Waals surface area contributed by atoms with Crippen molar-refractivity contribution in [3.8, 4) is 0 Å². The van der Waals surface area contributed by atoms with E-state index >= 15 is 0 Å². The maximum Gasteiger partial charge on any atom is 0.245 e. The topological polar surface area (TPSA) is 90.4 Å². The van der Waals surface area contributed by atoms with Crippen LogP contribution in [0.1, 0.15) is 25.7 Å². The Labute approximate surface area is 84.1 Å². The Kier molecular flexibility index (Phi) is 4.86. The van der Waals surface area contributed by atoms with Gasteiger partial charge in [0.25, 0.3) is 0 Å². The van der Waals surface area contributed by atoms with E-state index in [1.165, 1.54) is 12.8 Å². The van der Waals surface area contributed by atoms with Gasteiger partial charge in [-0.3, -0.25) is 9.63 Å². The first-order valence-corrected chi connectivity index (χ1v) is 5.09. The van der Waals surface area contributed by atoms with E-state index in [1.807, 2.05) is 0 Å². The second kappa shape index (κ2) is 5.95. The van der Waals surface area contributed by atoms with E-state index in [4.69, 9.17) is 16.3 Å². The van der Waals surface area contributed by atoms with E-state index in [0.29, 0.717) is 12.5 Å². The number of rotatable bonds is 5. The lowest BCUT2D eigenvalue weighted by Crippen LogP contribution is -2.42. The summed E-state index contributed by atoms with van der Waals surface area (Å²) in [5.74, 6) is -0.00534. The summed E-state index contributed by atoms with van der Waals surface area (Å²) in [6.45, 7) is 0.589. The first-order valence-electron chi connectivity index (χ1n) is 5.09. The molecule has 0 aromatic rings. The first kappa shape index (κ1) is 11.4. The monoisotopic (exact) mass is 201 g/mol. The lowest BCUT2D eigenvalue weighted by molar-refractivity contribution is -0.126. The Morgan fingerprint density at radius 3 is 2.79 bits per heavy atom. The lowest BCUT2D eigenvalue weighted by Gasteiger charge is -2.30. The molecule has 1 aliphatic rings. The van der Waals surface area contributed by atoms with Crippen LogP contribution >= 0.6 is 0 Å². The van der Waals surface area contributed by atoms with Gasteiger partial charge in [-0.05, 0) is 25.3 Å². The average molecular weight is 201 g/mol. The Morgan fingerprint density at radius 2 is 2.14 bits per heavy atom. The summed E-state index contributed by atoms with van der Waals surface area (Å²) in [7, 11) is 0. The van der Waals surface area contributed by atoms with Crippen LogP contribution in [0.4, 0.5) is 0 Å². The van der Waals surface area contributed by atoms with Crippen molar-refractivity contribution in [1.29, 1.82) is 0 Å². The molecule has 1 fully saturated rings. The van der Waals surface area contributed by atoms with Crippen molar-refractivity contribution in [3.63, 3.8) is 0 Å². The SMILES string of the molecule is NCC1CCCCC1NOCC(N)=O. The normalized spacial score (nSPS) is 27.5. The zero-order valence-electron chi connectivity index (χ0n) is 8.37. The molecule has 82 valence electrons. The summed E-state index contributed by atoms with van der Waals surface area (Å²) in [4.78, 5) is 15.4. The van der Waals surface area contributed by atoms with Crippen LogP contribution in [0.25, 0.3) is 0 Å². The van der Waals surface area contributed by atoms with Gasteiger partial charge < -0.3 is 11.5 Å². The van der Waals surface area contributed by atoms with Gasteiger partial charge in [0.2, 0.25) is 5.91 Å². The van der Waals surface area contributed by atoms with Gasteiger partial charge in [-0.2, -0.15) is 5.48 Å². The van der Waals surface area contributed by atoms with E-state index in [0.717, 1.165) is 12.8 Å². The van der Waals surface area contributed by atoms with Crippen LogP contribution in [0.3, 0.4) is 0 Å². The van der Waals surface area contributed by atoms with Gasteiger partial charge >= 0.3 is 0 Å². The molecule has 0 spiro atoms.